The van der Waals surface area contributed by atoms with Crippen LogP contribution in [0.25, 0.3) is 0 Å². The highest BCUT2D eigenvalue weighted by molar-refractivity contribution is 5.43. The van der Waals surface area contributed by atoms with Crippen molar-refractivity contribution in [3.05, 3.63) is 59.8 Å². The van der Waals surface area contributed by atoms with Crippen molar-refractivity contribution in [2.75, 3.05) is 0 Å². The van der Waals surface area contributed by atoms with E-state index in [2.05, 4.69) is 44.9 Å². The van der Waals surface area contributed by atoms with Crippen LogP contribution in [-0.2, 0) is 0 Å². The summed E-state index contributed by atoms with van der Waals surface area (Å²) in [5.41, 5.74) is 4.10. The summed E-state index contributed by atoms with van der Waals surface area (Å²) in [5, 5.41) is 0. The summed E-state index contributed by atoms with van der Waals surface area (Å²) >= 11 is 0. The Bertz CT molecular complexity index is 411. The molecule has 98 valence electrons. The van der Waals surface area contributed by atoms with Crippen LogP contribution in [0.1, 0.15) is 41.5 Å². The molecule has 0 aliphatic heterocycles. The lowest BCUT2D eigenvalue weighted by atomic mass is 10.2. The van der Waals surface area contributed by atoms with Gasteiger partial charge in [-0.2, -0.15) is 0 Å². The maximum Gasteiger partial charge on any atom is 0.0177 e. The van der Waals surface area contributed by atoms with Crippen LogP contribution in [-0.4, -0.2) is 0 Å². The van der Waals surface area contributed by atoms with E-state index < -0.39 is 0 Å². The lowest BCUT2D eigenvalue weighted by molar-refractivity contribution is 1.39. The van der Waals surface area contributed by atoms with Crippen molar-refractivity contribution < 1.29 is 0 Å². The smallest absolute Gasteiger partial charge is 0.0177 e. The average molecular weight is 242 g/mol. The van der Waals surface area contributed by atoms with Crippen molar-refractivity contribution in [3.63, 3.8) is 0 Å². The van der Waals surface area contributed by atoms with Crippen LogP contribution < -0.4 is 0 Å². The third kappa shape index (κ3) is 14.3. The highest BCUT2D eigenvalue weighted by Gasteiger charge is 1.82. The van der Waals surface area contributed by atoms with Crippen LogP contribution in [0, 0.1) is 11.8 Å². The monoisotopic (exact) mass is 242 g/mol. The zero-order valence-corrected chi connectivity index (χ0v) is 12.7. The molecule has 0 bridgehead atoms. The highest BCUT2D eigenvalue weighted by atomic mass is 13.9. The van der Waals surface area contributed by atoms with Gasteiger partial charge in [-0.3, -0.25) is 0 Å². The first-order chi connectivity index (χ1) is 8.41. The fourth-order valence-corrected chi connectivity index (χ4v) is 0.797. The van der Waals surface area contributed by atoms with E-state index in [1.54, 1.807) is 0 Å². The van der Waals surface area contributed by atoms with E-state index in [1.165, 1.54) is 5.57 Å². The van der Waals surface area contributed by atoms with Gasteiger partial charge < -0.3 is 0 Å². The second-order valence-corrected chi connectivity index (χ2v) is 4.05. The standard InChI is InChI=1S/C16H20.C2H6/c1-13(2)7-9-15(5)11-12-16(6)10-8-14(3)4;1-2/h7-10H,1,5H2,2-4,6H3;1-2H3/b9-7-,16-10+;. The first kappa shape index (κ1) is 18.6. The van der Waals surface area contributed by atoms with Crippen molar-refractivity contribution in [2.24, 2.45) is 0 Å². The Morgan fingerprint density at radius 1 is 0.833 bits per heavy atom. The molecular formula is C18H26. The molecule has 0 rings (SSSR count). The summed E-state index contributed by atoms with van der Waals surface area (Å²) in [6.07, 6.45) is 7.85. The second-order valence-electron chi connectivity index (χ2n) is 4.05. The molecule has 0 unspecified atom stereocenters. The van der Waals surface area contributed by atoms with Crippen LogP contribution in [0.4, 0.5) is 0 Å². The largest absolute Gasteiger partial charge is 0.0961 e. The molecular weight excluding hydrogens is 216 g/mol. The highest BCUT2D eigenvalue weighted by Crippen LogP contribution is 1.98. The van der Waals surface area contributed by atoms with Gasteiger partial charge in [0.15, 0.2) is 0 Å². The first-order valence-electron chi connectivity index (χ1n) is 6.28. The molecule has 0 aliphatic carbocycles. The second kappa shape index (κ2) is 11.7. The summed E-state index contributed by atoms with van der Waals surface area (Å²) in [4.78, 5) is 0. The van der Waals surface area contributed by atoms with E-state index in [0.717, 1.165) is 16.7 Å². The van der Waals surface area contributed by atoms with Gasteiger partial charge in [-0.15, -0.1) is 0 Å². The molecule has 18 heavy (non-hydrogen) atoms. The Kier molecular flexibility index (Phi) is 12.1. The lowest BCUT2D eigenvalue weighted by Crippen LogP contribution is -1.72. The molecule has 0 fully saturated rings. The zero-order chi connectivity index (χ0) is 14.6. The van der Waals surface area contributed by atoms with Gasteiger partial charge in [0.2, 0.25) is 0 Å². The molecule has 0 heteroatoms. The van der Waals surface area contributed by atoms with Gasteiger partial charge >= 0.3 is 0 Å². The summed E-state index contributed by atoms with van der Waals surface area (Å²) in [7, 11) is 0. The van der Waals surface area contributed by atoms with Gasteiger partial charge in [0, 0.05) is 5.57 Å². The molecule has 0 radical (unpaired) electrons. The van der Waals surface area contributed by atoms with E-state index >= 15 is 0 Å². The lowest BCUT2D eigenvalue weighted by Gasteiger charge is -1.88. The zero-order valence-electron chi connectivity index (χ0n) is 12.7. The van der Waals surface area contributed by atoms with Crippen molar-refractivity contribution in [1.82, 2.24) is 0 Å². The minimum absolute atomic E-state index is 0.799. The average Bonchev–Trinajstić information content (AvgIpc) is 2.33. The molecule has 0 spiro atoms. The minimum atomic E-state index is 0.799. The fourth-order valence-electron chi connectivity index (χ4n) is 0.797. The van der Waals surface area contributed by atoms with Gasteiger partial charge in [0.05, 0.1) is 0 Å². The van der Waals surface area contributed by atoms with Crippen LogP contribution in [0.3, 0.4) is 0 Å². The minimum Gasteiger partial charge on any atom is -0.0961 e. The maximum absolute atomic E-state index is 3.85. The fraction of sp³-hybridized carbons (Fsp3) is 0.333. The van der Waals surface area contributed by atoms with E-state index in [9.17, 15) is 0 Å². The number of rotatable bonds is 3. The molecule has 0 nitrogen and oxygen atoms in total. The van der Waals surface area contributed by atoms with E-state index in [1.807, 2.05) is 45.9 Å². The maximum atomic E-state index is 3.85. The van der Waals surface area contributed by atoms with Crippen LogP contribution in [0.5, 0.6) is 0 Å². The number of hydrogen-bond donors (Lipinski definition) is 0. The molecule has 0 aromatic carbocycles. The predicted molar refractivity (Wildman–Crippen MR) is 85.4 cm³/mol. The number of hydrogen-bond acceptors (Lipinski definition) is 0. The first-order valence-corrected chi connectivity index (χ1v) is 6.28. The molecule has 0 aliphatic rings. The molecule has 0 N–H and O–H groups in total. The summed E-state index contributed by atoms with van der Waals surface area (Å²) in [6, 6.07) is 0. The molecule has 0 atom stereocenters. The Morgan fingerprint density at radius 2 is 1.39 bits per heavy atom. The summed E-state index contributed by atoms with van der Waals surface area (Å²) in [5.74, 6) is 6.04. The van der Waals surface area contributed by atoms with Gasteiger partial charge in [0.1, 0.15) is 0 Å². The molecule has 0 saturated carbocycles. The van der Waals surface area contributed by atoms with E-state index in [0.29, 0.717) is 0 Å². The van der Waals surface area contributed by atoms with Crippen LogP contribution in [0.15, 0.2) is 59.8 Å². The van der Waals surface area contributed by atoms with Crippen LogP contribution >= 0.6 is 0 Å². The SMILES string of the molecule is C=C(C)/C=C\C(=C)C#C/C(C)=C/C=C(C)C.CC. The van der Waals surface area contributed by atoms with Crippen molar-refractivity contribution in [3.8, 4) is 11.8 Å². The topological polar surface area (TPSA) is 0 Å². The van der Waals surface area contributed by atoms with E-state index in [-0.39, 0.29) is 0 Å². The third-order valence-corrected chi connectivity index (χ3v) is 1.66. The van der Waals surface area contributed by atoms with E-state index in [4.69, 9.17) is 0 Å². The third-order valence-electron chi connectivity index (χ3n) is 1.66. The number of allylic oxidation sites excluding steroid dienone is 8. The molecule has 0 saturated heterocycles. The van der Waals surface area contributed by atoms with Gasteiger partial charge in [-0.1, -0.05) is 68.2 Å². The van der Waals surface area contributed by atoms with Crippen molar-refractivity contribution >= 4 is 0 Å². The molecule has 0 aromatic rings. The van der Waals surface area contributed by atoms with Gasteiger partial charge in [0.25, 0.3) is 0 Å². The van der Waals surface area contributed by atoms with Gasteiger partial charge in [-0.25, -0.2) is 0 Å². The van der Waals surface area contributed by atoms with Crippen molar-refractivity contribution in [2.45, 2.75) is 41.5 Å². The molecule has 0 aromatic heterocycles. The summed E-state index contributed by atoms with van der Waals surface area (Å²) < 4.78 is 0. The summed E-state index contributed by atoms with van der Waals surface area (Å²) in [6.45, 7) is 19.7. The normalized spacial score (nSPS) is 9.78. The molecule has 0 amide bonds. The molecule has 0 heterocycles. The quantitative estimate of drug-likeness (QED) is 0.445. The Balaban J connectivity index is 0. The van der Waals surface area contributed by atoms with Gasteiger partial charge in [-0.05, 0) is 39.3 Å². The van der Waals surface area contributed by atoms with Crippen LogP contribution in [0.2, 0.25) is 0 Å². The Morgan fingerprint density at radius 3 is 1.83 bits per heavy atom. The Hall–Kier alpha value is -1.74. The van der Waals surface area contributed by atoms with Crippen molar-refractivity contribution in [1.29, 1.82) is 0 Å². The Labute approximate surface area is 114 Å². The predicted octanol–water partition coefficient (Wildman–Crippen LogP) is 5.62.